The fraction of sp³-hybridized carbons (Fsp3) is 0.429. The largest absolute Gasteiger partial charge is 0.368 e. The van der Waals surface area contributed by atoms with E-state index < -0.39 is 5.91 Å². The van der Waals surface area contributed by atoms with Gasteiger partial charge >= 0.3 is 0 Å². The van der Waals surface area contributed by atoms with Crippen molar-refractivity contribution in [2.45, 2.75) is 25.7 Å². The lowest BCUT2D eigenvalue weighted by Gasteiger charge is -2.24. The Kier molecular flexibility index (Phi) is 5.42. The van der Waals surface area contributed by atoms with Crippen LogP contribution in [-0.4, -0.2) is 29.8 Å². The molecule has 0 aromatic heterocycles. The van der Waals surface area contributed by atoms with E-state index in [-0.39, 0.29) is 18.4 Å². The third-order valence-corrected chi connectivity index (χ3v) is 2.95. The van der Waals surface area contributed by atoms with E-state index in [0.717, 1.165) is 10.5 Å². The SMILES string of the molecule is Cc1ccc(S)cc1C(=O)N(CC(N)=O)CC(C)C. The summed E-state index contributed by atoms with van der Waals surface area (Å²) >= 11 is 4.24. The second kappa shape index (κ2) is 6.61. The van der Waals surface area contributed by atoms with Crippen molar-refractivity contribution >= 4 is 24.4 Å². The van der Waals surface area contributed by atoms with Crippen molar-refractivity contribution in [1.29, 1.82) is 0 Å². The molecule has 0 unspecified atom stereocenters. The molecule has 104 valence electrons. The van der Waals surface area contributed by atoms with Crippen LogP contribution in [0.2, 0.25) is 0 Å². The topological polar surface area (TPSA) is 63.4 Å². The maximum atomic E-state index is 12.5. The zero-order valence-corrected chi connectivity index (χ0v) is 12.4. The van der Waals surface area contributed by atoms with Crippen molar-refractivity contribution in [3.05, 3.63) is 29.3 Å². The molecule has 0 aliphatic heterocycles. The van der Waals surface area contributed by atoms with Crippen molar-refractivity contribution in [2.24, 2.45) is 11.7 Å². The third kappa shape index (κ3) is 4.59. The van der Waals surface area contributed by atoms with Gasteiger partial charge in [0.1, 0.15) is 0 Å². The lowest BCUT2D eigenvalue weighted by atomic mass is 10.1. The van der Waals surface area contributed by atoms with Gasteiger partial charge in [0.05, 0.1) is 6.54 Å². The smallest absolute Gasteiger partial charge is 0.254 e. The third-order valence-electron chi connectivity index (χ3n) is 2.67. The van der Waals surface area contributed by atoms with Crippen molar-refractivity contribution in [1.82, 2.24) is 4.90 Å². The van der Waals surface area contributed by atoms with Crippen LogP contribution in [0.5, 0.6) is 0 Å². The number of rotatable bonds is 5. The van der Waals surface area contributed by atoms with Crippen LogP contribution in [0, 0.1) is 12.8 Å². The van der Waals surface area contributed by atoms with Gasteiger partial charge in [0.25, 0.3) is 5.91 Å². The number of benzene rings is 1. The number of hydrogen-bond acceptors (Lipinski definition) is 3. The minimum absolute atomic E-state index is 0.0622. The van der Waals surface area contributed by atoms with Crippen molar-refractivity contribution in [2.75, 3.05) is 13.1 Å². The first-order chi connectivity index (χ1) is 8.81. The standard InChI is InChI=1S/C14H20N2O2S/c1-9(2)7-16(8-13(15)17)14(18)12-6-11(19)5-4-10(12)3/h4-6,9,19H,7-8H2,1-3H3,(H2,15,17). The molecule has 0 radical (unpaired) electrons. The molecular formula is C14H20N2O2S. The average molecular weight is 280 g/mol. The number of primary amides is 1. The van der Waals surface area contributed by atoms with Crippen LogP contribution in [0.25, 0.3) is 0 Å². The van der Waals surface area contributed by atoms with Gasteiger partial charge in [-0.1, -0.05) is 19.9 Å². The Balaban J connectivity index is 3.03. The van der Waals surface area contributed by atoms with Gasteiger partial charge in [0, 0.05) is 17.0 Å². The molecule has 0 heterocycles. The number of nitrogens with two attached hydrogens (primary N) is 1. The maximum Gasteiger partial charge on any atom is 0.254 e. The molecule has 0 spiro atoms. The van der Waals surface area contributed by atoms with Gasteiger partial charge in [0.15, 0.2) is 0 Å². The minimum Gasteiger partial charge on any atom is -0.368 e. The number of thiol groups is 1. The Labute approximate surface area is 119 Å². The highest BCUT2D eigenvalue weighted by molar-refractivity contribution is 7.80. The first kappa shape index (κ1) is 15.6. The summed E-state index contributed by atoms with van der Waals surface area (Å²) in [6, 6.07) is 5.39. The van der Waals surface area contributed by atoms with Crippen LogP contribution >= 0.6 is 12.6 Å². The molecular weight excluding hydrogens is 260 g/mol. The fourth-order valence-electron chi connectivity index (χ4n) is 1.86. The summed E-state index contributed by atoms with van der Waals surface area (Å²) in [4.78, 5) is 25.8. The van der Waals surface area contributed by atoms with Crippen LogP contribution in [0.1, 0.15) is 29.8 Å². The van der Waals surface area contributed by atoms with E-state index in [0.29, 0.717) is 12.1 Å². The molecule has 1 aromatic carbocycles. The van der Waals surface area contributed by atoms with E-state index in [1.807, 2.05) is 32.9 Å². The highest BCUT2D eigenvalue weighted by Gasteiger charge is 2.20. The first-order valence-electron chi connectivity index (χ1n) is 6.18. The predicted octanol–water partition coefficient (Wildman–Crippen LogP) is 1.87. The van der Waals surface area contributed by atoms with E-state index in [9.17, 15) is 9.59 Å². The second-order valence-electron chi connectivity index (χ2n) is 5.05. The van der Waals surface area contributed by atoms with Crippen LogP contribution in [0.4, 0.5) is 0 Å². The molecule has 0 saturated heterocycles. The van der Waals surface area contributed by atoms with Gasteiger partial charge in [-0.3, -0.25) is 9.59 Å². The quantitative estimate of drug-likeness (QED) is 0.809. The summed E-state index contributed by atoms with van der Waals surface area (Å²) in [6.07, 6.45) is 0. The molecule has 5 heteroatoms. The zero-order chi connectivity index (χ0) is 14.6. The Bertz CT molecular complexity index is 486. The zero-order valence-electron chi connectivity index (χ0n) is 11.5. The molecule has 0 saturated carbocycles. The molecule has 19 heavy (non-hydrogen) atoms. The number of amides is 2. The Morgan fingerprint density at radius 2 is 2.00 bits per heavy atom. The summed E-state index contributed by atoms with van der Waals surface area (Å²) in [5.74, 6) is -0.419. The number of carbonyl (C=O) groups excluding carboxylic acids is 2. The summed E-state index contributed by atoms with van der Waals surface area (Å²) in [7, 11) is 0. The van der Waals surface area contributed by atoms with Crippen LogP contribution in [0.3, 0.4) is 0 Å². The summed E-state index contributed by atoms with van der Waals surface area (Å²) in [5.41, 5.74) is 6.63. The summed E-state index contributed by atoms with van der Waals surface area (Å²) in [6.45, 7) is 6.27. The Hall–Kier alpha value is -1.49. The monoisotopic (exact) mass is 280 g/mol. The molecule has 1 aromatic rings. The number of carbonyl (C=O) groups is 2. The fourth-order valence-corrected chi connectivity index (χ4v) is 2.06. The van der Waals surface area contributed by atoms with Gasteiger partial charge < -0.3 is 10.6 Å². The maximum absolute atomic E-state index is 12.5. The van der Waals surface area contributed by atoms with E-state index in [1.165, 1.54) is 4.90 Å². The van der Waals surface area contributed by atoms with Crippen molar-refractivity contribution in [3.63, 3.8) is 0 Å². The van der Waals surface area contributed by atoms with Gasteiger partial charge in [-0.25, -0.2) is 0 Å². The van der Waals surface area contributed by atoms with Crippen LogP contribution in [-0.2, 0) is 4.79 Å². The van der Waals surface area contributed by atoms with E-state index >= 15 is 0 Å². The lowest BCUT2D eigenvalue weighted by Crippen LogP contribution is -2.40. The second-order valence-corrected chi connectivity index (χ2v) is 5.56. The predicted molar refractivity (Wildman–Crippen MR) is 78.4 cm³/mol. The molecule has 1 rings (SSSR count). The average Bonchev–Trinajstić information content (AvgIpc) is 2.29. The van der Waals surface area contributed by atoms with E-state index in [2.05, 4.69) is 12.6 Å². The molecule has 0 fully saturated rings. The molecule has 2 amide bonds. The van der Waals surface area contributed by atoms with Gasteiger partial charge in [-0.15, -0.1) is 12.6 Å². The van der Waals surface area contributed by atoms with Gasteiger partial charge in [-0.05, 0) is 30.5 Å². The molecule has 0 bridgehead atoms. The molecule has 4 nitrogen and oxygen atoms in total. The highest BCUT2D eigenvalue weighted by Crippen LogP contribution is 2.16. The number of hydrogen-bond donors (Lipinski definition) is 2. The van der Waals surface area contributed by atoms with Gasteiger partial charge in [0.2, 0.25) is 5.91 Å². The van der Waals surface area contributed by atoms with Crippen molar-refractivity contribution in [3.8, 4) is 0 Å². The first-order valence-corrected chi connectivity index (χ1v) is 6.63. The van der Waals surface area contributed by atoms with Crippen LogP contribution in [0.15, 0.2) is 23.1 Å². The summed E-state index contributed by atoms with van der Waals surface area (Å²) < 4.78 is 0. The van der Waals surface area contributed by atoms with Crippen LogP contribution < -0.4 is 5.73 Å². The summed E-state index contributed by atoms with van der Waals surface area (Å²) in [5, 5.41) is 0. The Morgan fingerprint density at radius 1 is 1.37 bits per heavy atom. The molecule has 2 N–H and O–H groups in total. The minimum atomic E-state index is -0.506. The Morgan fingerprint density at radius 3 is 2.53 bits per heavy atom. The highest BCUT2D eigenvalue weighted by atomic mass is 32.1. The molecule has 0 aliphatic rings. The van der Waals surface area contributed by atoms with E-state index in [4.69, 9.17) is 5.73 Å². The molecule has 0 aliphatic carbocycles. The number of aryl methyl sites for hydroxylation is 1. The van der Waals surface area contributed by atoms with E-state index in [1.54, 1.807) is 6.07 Å². The van der Waals surface area contributed by atoms with Gasteiger partial charge in [-0.2, -0.15) is 0 Å². The normalized spacial score (nSPS) is 10.6. The molecule has 0 atom stereocenters. The lowest BCUT2D eigenvalue weighted by molar-refractivity contribution is -0.118. The van der Waals surface area contributed by atoms with Crippen molar-refractivity contribution < 1.29 is 9.59 Å². The number of nitrogens with zero attached hydrogens (tertiary/aromatic N) is 1.